The highest BCUT2D eigenvalue weighted by Crippen LogP contribution is 2.24. The molecule has 2 aromatic carbocycles. The third-order valence-electron chi connectivity index (χ3n) is 3.38. The predicted octanol–water partition coefficient (Wildman–Crippen LogP) is 3.64. The number of benzene rings is 2. The summed E-state index contributed by atoms with van der Waals surface area (Å²) in [5.74, 6) is 4.26. The minimum Gasteiger partial charge on any atom is -0.271 e. The van der Waals surface area contributed by atoms with E-state index in [4.69, 9.17) is 5.84 Å². The molecule has 0 heterocycles. The van der Waals surface area contributed by atoms with Gasteiger partial charge in [-0.05, 0) is 34.7 Å². The first-order valence-corrected chi connectivity index (χ1v) is 6.54. The molecule has 0 spiro atoms. The van der Waals surface area contributed by atoms with Crippen molar-refractivity contribution in [2.24, 2.45) is 5.84 Å². The maximum absolute atomic E-state index is 13.3. The molecule has 0 saturated heterocycles. The molecule has 106 valence electrons. The molecule has 0 aliphatic heterocycles. The van der Waals surface area contributed by atoms with Crippen LogP contribution in [-0.2, 0) is 0 Å². The van der Waals surface area contributed by atoms with Crippen LogP contribution < -0.4 is 11.3 Å². The van der Waals surface area contributed by atoms with E-state index in [1.165, 1.54) is 11.6 Å². The molecule has 0 fully saturated rings. The van der Waals surface area contributed by atoms with Gasteiger partial charge in [-0.25, -0.2) is 14.2 Å². The van der Waals surface area contributed by atoms with Crippen LogP contribution in [0, 0.1) is 11.6 Å². The molecule has 0 saturated carbocycles. The lowest BCUT2D eigenvalue weighted by Gasteiger charge is -2.18. The van der Waals surface area contributed by atoms with Crippen LogP contribution in [0.5, 0.6) is 0 Å². The molecule has 20 heavy (non-hydrogen) atoms. The van der Waals surface area contributed by atoms with Crippen LogP contribution in [0.1, 0.15) is 42.5 Å². The van der Waals surface area contributed by atoms with Crippen molar-refractivity contribution in [1.29, 1.82) is 0 Å². The van der Waals surface area contributed by atoms with Crippen molar-refractivity contribution in [1.82, 2.24) is 5.43 Å². The molecule has 1 unspecified atom stereocenters. The summed E-state index contributed by atoms with van der Waals surface area (Å²) < 4.78 is 26.3. The van der Waals surface area contributed by atoms with E-state index in [0.717, 1.165) is 17.7 Å². The molecular formula is C16H18F2N2. The summed E-state index contributed by atoms with van der Waals surface area (Å²) >= 11 is 0. The molecule has 2 nitrogen and oxygen atoms in total. The van der Waals surface area contributed by atoms with Gasteiger partial charge in [0.05, 0.1) is 6.04 Å². The van der Waals surface area contributed by atoms with Crippen LogP contribution in [0.2, 0.25) is 0 Å². The van der Waals surface area contributed by atoms with Gasteiger partial charge in [0.2, 0.25) is 0 Å². The largest absolute Gasteiger partial charge is 0.271 e. The number of rotatable bonds is 4. The lowest BCUT2D eigenvalue weighted by molar-refractivity contribution is 0.504. The Morgan fingerprint density at radius 1 is 0.850 bits per heavy atom. The molecule has 0 amide bonds. The van der Waals surface area contributed by atoms with Crippen LogP contribution in [-0.4, -0.2) is 0 Å². The van der Waals surface area contributed by atoms with Gasteiger partial charge < -0.3 is 0 Å². The van der Waals surface area contributed by atoms with Gasteiger partial charge in [0.1, 0.15) is 0 Å². The highest BCUT2D eigenvalue weighted by molar-refractivity contribution is 5.34. The van der Waals surface area contributed by atoms with E-state index in [9.17, 15) is 8.78 Å². The maximum atomic E-state index is 13.3. The Morgan fingerprint density at radius 2 is 1.40 bits per heavy atom. The second kappa shape index (κ2) is 6.11. The molecule has 3 N–H and O–H groups in total. The van der Waals surface area contributed by atoms with Gasteiger partial charge in [-0.1, -0.05) is 44.2 Å². The first-order valence-electron chi connectivity index (χ1n) is 6.54. The minimum absolute atomic E-state index is 0.369. The monoisotopic (exact) mass is 276 g/mol. The fourth-order valence-corrected chi connectivity index (χ4v) is 2.15. The first kappa shape index (κ1) is 14.6. The van der Waals surface area contributed by atoms with E-state index in [-0.39, 0.29) is 6.04 Å². The van der Waals surface area contributed by atoms with Crippen molar-refractivity contribution in [3.05, 3.63) is 70.8 Å². The van der Waals surface area contributed by atoms with Crippen molar-refractivity contribution in [2.45, 2.75) is 25.8 Å². The number of hydrogen-bond acceptors (Lipinski definition) is 2. The summed E-state index contributed by atoms with van der Waals surface area (Å²) in [6.07, 6.45) is 0. The third kappa shape index (κ3) is 3.03. The zero-order chi connectivity index (χ0) is 14.7. The summed E-state index contributed by atoms with van der Waals surface area (Å²) in [5.41, 5.74) is 5.35. The number of nitrogens with two attached hydrogens (primary N) is 1. The summed E-state index contributed by atoms with van der Waals surface area (Å²) in [7, 11) is 0. The average molecular weight is 276 g/mol. The van der Waals surface area contributed by atoms with Crippen molar-refractivity contribution in [3.8, 4) is 0 Å². The molecule has 1 atom stereocenters. The number of hydrazine groups is 1. The van der Waals surface area contributed by atoms with Crippen LogP contribution in [0.3, 0.4) is 0 Å². The van der Waals surface area contributed by atoms with Crippen LogP contribution in [0.15, 0.2) is 42.5 Å². The zero-order valence-corrected chi connectivity index (χ0v) is 11.5. The Hall–Kier alpha value is -1.78. The van der Waals surface area contributed by atoms with E-state index in [0.29, 0.717) is 11.5 Å². The average Bonchev–Trinajstić information content (AvgIpc) is 2.44. The second-order valence-corrected chi connectivity index (χ2v) is 5.09. The Kier molecular flexibility index (Phi) is 4.47. The fraction of sp³-hybridized carbons (Fsp3) is 0.250. The summed E-state index contributed by atoms with van der Waals surface area (Å²) in [5, 5.41) is 0. The Morgan fingerprint density at radius 3 is 1.90 bits per heavy atom. The fourth-order valence-electron chi connectivity index (χ4n) is 2.15. The lowest BCUT2D eigenvalue weighted by Crippen LogP contribution is -2.29. The number of nitrogens with one attached hydrogen (secondary N) is 1. The van der Waals surface area contributed by atoms with Gasteiger partial charge in [0, 0.05) is 0 Å². The Labute approximate surface area is 117 Å². The van der Waals surface area contributed by atoms with Crippen molar-refractivity contribution in [2.75, 3.05) is 0 Å². The third-order valence-corrected chi connectivity index (χ3v) is 3.38. The Balaban J connectivity index is 2.33. The van der Waals surface area contributed by atoms with Crippen molar-refractivity contribution < 1.29 is 8.78 Å². The van der Waals surface area contributed by atoms with Gasteiger partial charge in [-0.2, -0.15) is 0 Å². The normalized spacial score (nSPS) is 12.7. The molecule has 0 radical (unpaired) electrons. The SMILES string of the molecule is CC(C)c1ccc(C(NN)c2ccc(F)c(F)c2)cc1. The van der Waals surface area contributed by atoms with Crippen LogP contribution in [0.25, 0.3) is 0 Å². The molecule has 2 aromatic rings. The predicted molar refractivity (Wildman–Crippen MR) is 76.1 cm³/mol. The quantitative estimate of drug-likeness (QED) is 0.661. The van der Waals surface area contributed by atoms with Gasteiger partial charge in [0.25, 0.3) is 0 Å². The topological polar surface area (TPSA) is 38.0 Å². The smallest absolute Gasteiger partial charge is 0.159 e. The summed E-state index contributed by atoms with van der Waals surface area (Å²) in [6, 6.07) is 11.4. The van der Waals surface area contributed by atoms with Crippen LogP contribution in [0.4, 0.5) is 8.78 Å². The maximum Gasteiger partial charge on any atom is 0.159 e. The number of halogens is 2. The van der Waals surface area contributed by atoms with Crippen molar-refractivity contribution >= 4 is 0 Å². The van der Waals surface area contributed by atoms with E-state index >= 15 is 0 Å². The zero-order valence-electron chi connectivity index (χ0n) is 11.5. The molecule has 0 aromatic heterocycles. The van der Waals surface area contributed by atoms with E-state index in [2.05, 4.69) is 19.3 Å². The van der Waals surface area contributed by atoms with E-state index in [1.54, 1.807) is 0 Å². The molecule has 4 heteroatoms. The molecule has 2 rings (SSSR count). The minimum atomic E-state index is -0.874. The standard InChI is InChI=1S/C16H18F2N2/c1-10(2)11-3-5-12(6-4-11)16(20-19)13-7-8-14(17)15(18)9-13/h3-10,16,20H,19H2,1-2H3. The van der Waals surface area contributed by atoms with Crippen molar-refractivity contribution in [3.63, 3.8) is 0 Å². The number of hydrogen-bond donors (Lipinski definition) is 2. The molecule has 0 aliphatic rings. The van der Waals surface area contributed by atoms with Gasteiger partial charge in [0.15, 0.2) is 11.6 Å². The summed E-state index contributed by atoms with van der Waals surface area (Å²) in [4.78, 5) is 0. The van der Waals surface area contributed by atoms with Gasteiger partial charge in [-0.15, -0.1) is 0 Å². The molecular weight excluding hydrogens is 258 g/mol. The highest BCUT2D eigenvalue weighted by atomic mass is 19.2. The Bertz CT molecular complexity index is 580. The van der Waals surface area contributed by atoms with E-state index in [1.807, 2.05) is 24.3 Å². The van der Waals surface area contributed by atoms with Gasteiger partial charge in [-0.3, -0.25) is 5.84 Å². The highest BCUT2D eigenvalue weighted by Gasteiger charge is 2.14. The lowest BCUT2D eigenvalue weighted by atomic mass is 9.95. The molecule has 0 aliphatic carbocycles. The summed E-state index contributed by atoms with van der Waals surface area (Å²) in [6.45, 7) is 4.23. The van der Waals surface area contributed by atoms with E-state index < -0.39 is 11.6 Å². The molecule has 0 bridgehead atoms. The van der Waals surface area contributed by atoms with Crippen LogP contribution >= 0.6 is 0 Å². The second-order valence-electron chi connectivity index (χ2n) is 5.09. The first-order chi connectivity index (χ1) is 9.52. The van der Waals surface area contributed by atoms with Gasteiger partial charge >= 0.3 is 0 Å².